The lowest BCUT2D eigenvalue weighted by molar-refractivity contribution is -0.119. The number of amides is 1. The third-order valence-corrected chi connectivity index (χ3v) is 7.44. The van der Waals surface area contributed by atoms with Crippen LogP contribution in [0.3, 0.4) is 0 Å². The average Bonchev–Trinajstić information content (AvgIpc) is 3.63. The number of imidazole rings is 1. The molecule has 0 radical (unpaired) electrons. The normalized spacial score (nSPS) is 24.7. The number of aromatic amines is 1. The molecule has 13 heteroatoms. The largest absolute Gasteiger partial charge is 0.492 e. The van der Waals surface area contributed by atoms with Crippen LogP contribution < -0.4 is 24.6 Å². The summed E-state index contributed by atoms with van der Waals surface area (Å²) < 4.78 is 22.9. The van der Waals surface area contributed by atoms with Gasteiger partial charge in [0.15, 0.2) is 11.8 Å². The molecule has 0 spiro atoms. The molecule has 208 valence electrons. The van der Waals surface area contributed by atoms with Gasteiger partial charge in [-0.2, -0.15) is 4.98 Å². The summed E-state index contributed by atoms with van der Waals surface area (Å²) in [6.45, 7) is 6.07. The van der Waals surface area contributed by atoms with Gasteiger partial charge < -0.3 is 44.2 Å². The summed E-state index contributed by atoms with van der Waals surface area (Å²) in [5, 5.41) is 13.2. The Bertz CT molecular complexity index is 1310. The quantitative estimate of drug-likeness (QED) is 0.348. The van der Waals surface area contributed by atoms with Crippen molar-refractivity contribution in [3.8, 4) is 11.8 Å². The summed E-state index contributed by atoms with van der Waals surface area (Å²) in [5.41, 5.74) is 2.31. The fraction of sp³-hybridized carbons (Fsp3) is 0.500. The fourth-order valence-electron chi connectivity index (χ4n) is 5.18. The van der Waals surface area contributed by atoms with Crippen LogP contribution in [0, 0.1) is 0 Å². The van der Waals surface area contributed by atoms with Gasteiger partial charge in [0.1, 0.15) is 36.5 Å². The second-order valence-corrected chi connectivity index (χ2v) is 10.2. The SMILES string of the molecule is CC(=O)NCCOc1ccc(N2CCN(c3nc4nc(O[C@@H]5CO[C@H]6[C@@H]5OC[C@H]6O)[nH]c4cc3Cl)CC2)cc1. The number of H-pyrrole nitrogens is 1. The lowest BCUT2D eigenvalue weighted by atomic mass is 10.1. The number of halogens is 1. The van der Waals surface area contributed by atoms with Gasteiger partial charge in [0, 0.05) is 38.8 Å². The number of aromatic nitrogens is 3. The molecule has 39 heavy (non-hydrogen) atoms. The first kappa shape index (κ1) is 25.9. The molecule has 5 heterocycles. The van der Waals surface area contributed by atoms with E-state index in [2.05, 4.69) is 25.1 Å². The molecule has 0 saturated carbocycles. The number of ether oxygens (including phenoxy) is 4. The first-order chi connectivity index (χ1) is 18.9. The van der Waals surface area contributed by atoms with Gasteiger partial charge in [0.2, 0.25) is 5.91 Å². The molecule has 3 saturated heterocycles. The van der Waals surface area contributed by atoms with Crippen LogP contribution in [-0.2, 0) is 14.3 Å². The molecule has 0 unspecified atom stereocenters. The number of fused-ring (bicyclic) bond motifs is 2. The summed E-state index contributed by atoms with van der Waals surface area (Å²) in [5.74, 6) is 1.39. The highest BCUT2D eigenvalue weighted by Gasteiger charge is 2.48. The number of pyridine rings is 1. The van der Waals surface area contributed by atoms with Crippen LogP contribution in [0.25, 0.3) is 11.2 Å². The zero-order chi connectivity index (χ0) is 26.9. The third kappa shape index (κ3) is 5.55. The van der Waals surface area contributed by atoms with E-state index < -0.39 is 6.10 Å². The van der Waals surface area contributed by atoms with Crippen LogP contribution >= 0.6 is 11.6 Å². The van der Waals surface area contributed by atoms with Crippen LogP contribution in [0.5, 0.6) is 11.8 Å². The molecule has 0 aliphatic carbocycles. The van der Waals surface area contributed by atoms with Crippen molar-refractivity contribution in [2.75, 3.05) is 62.3 Å². The van der Waals surface area contributed by atoms with Crippen LogP contribution in [0.4, 0.5) is 11.5 Å². The Morgan fingerprint density at radius 3 is 2.64 bits per heavy atom. The van der Waals surface area contributed by atoms with Crippen LogP contribution in [0.15, 0.2) is 30.3 Å². The number of hydrogen-bond acceptors (Lipinski definition) is 10. The standard InChI is InChI=1S/C26H31ClN6O6/c1-15(34)28-6-11-36-17-4-2-16(3-5-17)32-7-9-33(10-8-32)25-18(27)12-19-24(30-25)31-26(29-19)39-21-14-38-22-20(35)13-37-23(21)22/h2-5,12,20-23,35H,6-11,13-14H2,1H3,(H,28,34)(H,29,30,31)/t20-,21-,22-,23-/m1/s1. The Balaban J connectivity index is 1.05. The minimum Gasteiger partial charge on any atom is -0.492 e. The molecule has 2 aromatic heterocycles. The van der Waals surface area contributed by atoms with Crippen LogP contribution in [0.1, 0.15) is 6.92 Å². The highest BCUT2D eigenvalue weighted by Crippen LogP contribution is 2.32. The molecule has 1 aromatic carbocycles. The average molecular weight is 559 g/mol. The molecule has 0 bridgehead atoms. The smallest absolute Gasteiger partial charge is 0.296 e. The van der Waals surface area contributed by atoms with Crippen molar-refractivity contribution < 1.29 is 28.8 Å². The Morgan fingerprint density at radius 1 is 1.13 bits per heavy atom. The van der Waals surface area contributed by atoms with Gasteiger partial charge >= 0.3 is 0 Å². The number of nitrogens with one attached hydrogen (secondary N) is 2. The van der Waals surface area contributed by atoms with Crippen LogP contribution in [-0.4, -0.2) is 103 Å². The van der Waals surface area contributed by atoms with E-state index in [0.29, 0.717) is 47.8 Å². The molecular formula is C26H31ClN6O6. The number of carbonyl (C=O) groups is 1. The summed E-state index contributed by atoms with van der Waals surface area (Å²) in [6, 6.07) is 10.1. The zero-order valence-electron chi connectivity index (χ0n) is 21.5. The van der Waals surface area contributed by atoms with E-state index in [9.17, 15) is 9.90 Å². The Morgan fingerprint density at radius 2 is 1.87 bits per heavy atom. The number of hydrogen-bond donors (Lipinski definition) is 3. The molecule has 3 fully saturated rings. The van der Waals surface area contributed by atoms with Gasteiger partial charge in [-0.3, -0.25) is 4.79 Å². The van der Waals surface area contributed by atoms with Crippen molar-refractivity contribution in [3.05, 3.63) is 35.4 Å². The van der Waals surface area contributed by atoms with E-state index in [0.717, 1.165) is 37.6 Å². The summed E-state index contributed by atoms with van der Waals surface area (Å²) >= 11 is 6.63. The maximum Gasteiger partial charge on any atom is 0.296 e. The molecular weight excluding hydrogens is 528 g/mol. The van der Waals surface area contributed by atoms with Gasteiger partial charge in [0.05, 0.1) is 30.3 Å². The summed E-state index contributed by atoms with van der Waals surface area (Å²) in [4.78, 5) is 27.8. The predicted octanol–water partition coefficient (Wildman–Crippen LogP) is 1.36. The summed E-state index contributed by atoms with van der Waals surface area (Å²) in [7, 11) is 0. The van der Waals surface area contributed by atoms with Crippen molar-refractivity contribution in [2.45, 2.75) is 31.3 Å². The molecule has 4 atom stereocenters. The Hall–Kier alpha value is -3.32. The zero-order valence-corrected chi connectivity index (χ0v) is 22.3. The highest BCUT2D eigenvalue weighted by molar-refractivity contribution is 6.33. The number of aliphatic hydroxyl groups excluding tert-OH is 1. The van der Waals surface area contributed by atoms with E-state index >= 15 is 0 Å². The molecule has 1 amide bonds. The van der Waals surface area contributed by atoms with Crippen molar-refractivity contribution in [1.29, 1.82) is 0 Å². The number of benzene rings is 1. The lowest BCUT2D eigenvalue weighted by Crippen LogP contribution is -2.47. The number of aliphatic hydroxyl groups is 1. The van der Waals surface area contributed by atoms with Gasteiger partial charge in [-0.25, -0.2) is 4.98 Å². The topological polar surface area (TPSA) is 134 Å². The highest BCUT2D eigenvalue weighted by atomic mass is 35.5. The Labute approximate surface area is 230 Å². The third-order valence-electron chi connectivity index (χ3n) is 7.16. The summed E-state index contributed by atoms with van der Waals surface area (Å²) in [6.07, 6.45) is -1.69. The van der Waals surface area contributed by atoms with Crippen molar-refractivity contribution in [1.82, 2.24) is 20.3 Å². The molecule has 6 rings (SSSR count). The Kier molecular flexibility index (Phi) is 7.34. The van der Waals surface area contributed by atoms with Crippen molar-refractivity contribution >= 4 is 40.2 Å². The van der Waals surface area contributed by atoms with E-state index in [1.54, 1.807) is 0 Å². The monoisotopic (exact) mass is 558 g/mol. The molecule has 12 nitrogen and oxygen atoms in total. The minimum absolute atomic E-state index is 0.0675. The molecule has 3 N–H and O–H groups in total. The number of anilines is 2. The van der Waals surface area contributed by atoms with E-state index in [1.807, 2.05) is 30.3 Å². The van der Waals surface area contributed by atoms with Gasteiger partial charge in [-0.1, -0.05) is 11.6 Å². The van der Waals surface area contributed by atoms with Gasteiger partial charge in [-0.05, 0) is 30.3 Å². The maximum absolute atomic E-state index is 11.0. The minimum atomic E-state index is -0.636. The molecule has 3 aromatic rings. The first-order valence-electron chi connectivity index (χ1n) is 13.1. The fourth-order valence-corrected chi connectivity index (χ4v) is 5.45. The molecule has 3 aliphatic rings. The number of rotatable bonds is 8. The second-order valence-electron chi connectivity index (χ2n) is 9.83. The first-order valence-corrected chi connectivity index (χ1v) is 13.4. The van der Waals surface area contributed by atoms with E-state index in [4.69, 9.17) is 35.5 Å². The predicted molar refractivity (Wildman–Crippen MR) is 144 cm³/mol. The van der Waals surface area contributed by atoms with Gasteiger partial charge in [-0.15, -0.1) is 0 Å². The van der Waals surface area contributed by atoms with Crippen molar-refractivity contribution in [3.63, 3.8) is 0 Å². The lowest BCUT2D eigenvalue weighted by Gasteiger charge is -2.37. The number of carbonyl (C=O) groups excluding carboxylic acids is 1. The van der Waals surface area contributed by atoms with Gasteiger partial charge in [0.25, 0.3) is 6.01 Å². The van der Waals surface area contributed by atoms with Crippen molar-refractivity contribution in [2.24, 2.45) is 0 Å². The van der Waals surface area contributed by atoms with Crippen LogP contribution in [0.2, 0.25) is 5.02 Å². The van der Waals surface area contributed by atoms with E-state index in [1.165, 1.54) is 6.92 Å². The maximum atomic E-state index is 11.0. The van der Waals surface area contributed by atoms with E-state index in [-0.39, 0.29) is 30.8 Å². The molecule has 3 aliphatic heterocycles. The number of piperazine rings is 1. The second kappa shape index (κ2) is 11.0. The number of nitrogens with zero attached hydrogens (tertiary/aromatic N) is 4.